The van der Waals surface area contributed by atoms with E-state index in [9.17, 15) is 21.6 Å². The highest BCUT2D eigenvalue weighted by atomic mass is 32.2. The van der Waals surface area contributed by atoms with E-state index < -0.39 is 21.8 Å². The fourth-order valence-corrected chi connectivity index (χ4v) is 4.33. The topological polar surface area (TPSA) is 63.4 Å². The molecular weight excluding hydrogens is 301 g/mol. The number of halogens is 3. The predicted octanol–water partition coefficient (Wildman–Crippen LogP) is 2.21. The van der Waals surface area contributed by atoms with Crippen molar-refractivity contribution in [1.29, 1.82) is 0 Å². The Morgan fingerprint density at radius 2 is 2.05 bits per heavy atom. The number of nitrogens with zero attached hydrogens (tertiary/aromatic N) is 1. The minimum Gasteiger partial charge on any atom is -0.398 e. The number of thiophene rings is 1. The van der Waals surface area contributed by atoms with Crippen molar-refractivity contribution in [2.24, 2.45) is 0 Å². The van der Waals surface area contributed by atoms with E-state index >= 15 is 0 Å². The number of sulfonamides is 1. The second-order valence-electron chi connectivity index (χ2n) is 4.04. The van der Waals surface area contributed by atoms with Gasteiger partial charge in [-0.2, -0.15) is 17.5 Å². The highest BCUT2D eigenvalue weighted by Crippen LogP contribution is 2.32. The molecule has 4 nitrogen and oxygen atoms in total. The van der Waals surface area contributed by atoms with Crippen molar-refractivity contribution in [2.45, 2.75) is 16.8 Å². The molecule has 0 fully saturated rings. The first-order valence-electron chi connectivity index (χ1n) is 5.31. The minimum atomic E-state index is -4.39. The summed E-state index contributed by atoms with van der Waals surface area (Å²) < 4.78 is 62.6. The van der Waals surface area contributed by atoms with Gasteiger partial charge in [0.2, 0.25) is 0 Å². The van der Waals surface area contributed by atoms with Crippen LogP contribution in [-0.2, 0) is 10.0 Å². The van der Waals surface area contributed by atoms with Crippen molar-refractivity contribution in [2.75, 3.05) is 18.8 Å². The van der Waals surface area contributed by atoms with E-state index in [2.05, 4.69) is 0 Å². The molecule has 1 aromatic heterocycles. The Kier molecular flexibility index (Phi) is 3.63. The first-order chi connectivity index (χ1) is 8.71. The molecule has 0 aromatic carbocycles. The molecule has 2 rings (SSSR count). The fourth-order valence-electron chi connectivity index (χ4n) is 1.72. The Hall–Kier alpha value is -1.06. The molecule has 0 spiro atoms. The van der Waals surface area contributed by atoms with E-state index in [0.717, 1.165) is 21.7 Å². The highest BCUT2D eigenvalue weighted by Gasteiger charge is 2.37. The van der Waals surface area contributed by atoms with Crippen molar-refractivity contribution < 1.29 is 21.6 Å². The summed E-state index contributed by atoms with van der Waals surface area (Å²) in [7, 11) is -3.75. The molecule has 1 aliphatic heterocycles. The molecule has 106 valence electrons. The highest BCUT2D eigenvalue weighted by molar-refractivity contribution is 7.91. The summed E-state index contributed by atoms with van der Waals surface area (Å²) in [5.74, 6) is 0. The number of anilines is 1. The summed E-state index contributed by atoms with van der Waals surface area (Å²) in [5.41, 5.74) is 5.10. The maximum absolute atomic E-state index is 12.4. The number of hydrogen-bond donors (Lipinski definition) is 1. The van der Waals surface area contributed by atoms with Crippen LogP contribution in [0.25, 0.3) is 0 Å². The third-order valence-corrected chi connectivity index (χ3v) is 6.02. The second-order valence-corrected chi connectivity index (χ2v) is 7.12. The van der Waals surface area contributed by atoms with Crippen LogP contribution in [0.15, 0.2) is 27.3 Å². The van der Waals surface area contributed by atoms with Crippen molar-refractivity contribution in [3.63, 3.8) is 0 Å². The zero-order chi connectivity index (χ0) is 14.3. The summed E-state index contributed by atoms with van der Waals surface area (Å²) in [6, 6.07) is 1.31. The lowest BCUT2D eigenvalue weighted by molar-refractivity contribution is -0.0953. The van der Waals surface area contributed by atoms with Gasteiger partial charge in [0.1, 0.15) is 4.21 Å². The summed E-state index contributed by atoms with van der Waals surface area (Å²) in [4.78, 5) is 0. The minimum absolute atomic E-state index is 0.0499. The van der Waals surface area contributed by atoms with Crippen LogP contribution in [0.1, 0.15) is 6.42 Å². The van der Waals surface area contributed by atoms with Gasteiger partial charge in [-0.15, -0.1) is 11.3 Å². The Labute approximate surface area is 112 Å². The number of hydrogen-bond acceptors (Lipinski definition) is 4. The van der Waals surface area contributed by atoms with Gasteiger partial charge in [0.15, 0.2) is 0 Å². The van der Waals surface area contributed by atoms with Crippen LogP contribution in [-0.4, -0.2) is 32.0 Å². The molecule has 0 atom stereocenters. The molecular formula is C10H11F3N2O2S2. The second kappa shape index (κ2) is 4.80. The quantitative estimate of drug-likeness (QED) is 0.852. The summed E-state index contributed by atoms with van der Waals surface area (Å²) in [6.07, 6.45) is -3.80. The van der Waals surface area contributed by atoms with Gasteiger partial charge in [0, 0.05) is 29.7 Å². The number of nitrogens with two attached hydrogens (primary N) is 1. The first-order valence-corrected chi connectivity index (χ1v) is 7.63. The van der Waals surface area contributed by atoms with Crippen LogP contribution in [0.5, 0.6) is 0 Å². The van der Waals surface area contributed by atoms with E-state index in [1.165, 1.54) is 11.4 Å². The number of nitrogen functional groups attached to an aromatic ring is 1. The smallest absolute Gasteiger partial charge is 0.398 e. The van der Waals surface area contributed by atoms with E-state index in [-0.39, 0.29) is 23.7 Å². The lowest BCUT2D eigenvalue weighted by Crippen LogP contribution is -2.36. The maximum Gasteiger partial charge on any atom is 0.412 e. The lowest BCUT2D eigenvalue weighted by Gasteiger charge is -2.25. The molecule has 0 amide bonds. The summed E-state index contributed by atoms with van der Waals surface area (Å²) in [6.45, 7) is -0.444. The van der Waals surface area contributed by atoms with E-state index in [4.69, 9.17) is 5.73 Å². The molecule has 0 saturated carbocycles. The number of rotatable bonds is 2. The van der Waals surface area contributed by atoms with Crippen LogP contribution in [0, 0.1) is 0 Å². The monoisotopic (exact) mass is 312 g/mol. The van der Waals surface area contributed by atoms with Gasteiger partial charge in [-0.1, -0.05) is 6.08 Å². The summed E-state index contributed by atoms with van der Waals surface area (Å²) in [5, 5.41) is 1.48. The van der Waals surface area contributed by atoms with Gasteiger partial charge in [-0.25, -0.2) is 8.42 Å². The average Bonchev–Trinajstić information content (AvgIpc) is 2.76. The molecule has 0 radical (unpaired) electrons. The van der Waals surface area contributed by atoms with Crippen LogP contribution in [0.2, 0.25) is 0 Å². The van der Waals surface area contributed by atoms with Gasteiger partial charge in [0.25, 0.3) is 10.0 Å². The molecule has 1 aliphatic rings. The SMILES string of the molecule is Nc1csc(S(=O)(=O)N2CC=C(C(F)(F)F)CC2)c1. The molecule has 0 bridgehead atoms. The van der Waals surface area contributed by atoms with Crippen molar-refractivity contribution in [1.82, 2.24) is 4.31 Å². The van der Waals surface area contributed by atoms with Gasteiger partial charge >= 0.3 is 6.18 Å². The molecule has 0 aliphatic carbocycles. The molecule has 19 heavy (non-hydrogen) atoms. The molecule has 2 heterocycles. The van der Waals surface area contributed by atoms with Crippen LogP contribution >= 0.6 is 11.3 Å². The van der Waals surface area contributed by atoms with Crippen LogP contribution in [0.4, 0.5) is 18.9 Å². The van der Waals surface area contributed by atoms with Gasteiger partial charge in [-0.3, -0.25) is 0 Å². The Morgan fingerprint density at radius 3 is 2.47 bits per heavy atom. The standard InChI is InChI=1S/C10H11F3N2O2S2/c11-10(12,13)7-1-3-15(4-2-7)19(16,17)9-5-8(14)6-18-9/h1,5-6H,2-4,14H2. The van der Waals surface area contributed by atoms with E-state index in [1.807, 2.05) is 0 Å². The van der Waals surface area contributed by atoms with Gasteiger partial charge in [-0.05, 0) is 12.5 Å². The van der Waals surface area contributed by atoms with E-state index in [1.54, 1.807) is 0 Å². The normalized spacial score (nSPS) is 18.4. The van der Waals surface area contributed by atoms with Crippen molar-refractivity contribution in [3.05, 3.63) is 23.1 Å². The lowest BCUT2D eigenvalue weighted by atomic mass is 10.1. The molecule has 0 unspecified atom stereocenters. The largest absolute Gasteiger partial charge is 0.412 e. The molecule has 1 aromatic rings. The average molecular weight is 312 g/mol. The van der Waals surface area contributed by atoms with Gasteiger partial charge in [0.05, 0.1) is 0 Å². The van der Waals surface area contributed by atoms with Crippen LogP contribution in [0.3, 0.4) is 0 Å². The van der Waals surface area contributed by atoms with Crippen LogP contribution < -0.4 is 5.73 Å². The van der Waals surface area contributed by atoms with Crippen molar-refractivity contribution in [3.8, 4) is 0 Å². The maximum atomic E-state index is 12.4. The molecule has 9 heteroatoms. The zero-order valence-corrected chi connectivity index (χ0v) is 11.3. The molecule has 0 saturated heterocycles. The van der Waals surface area contributed by atoms with Gasteiger partial charge < -0.3 is 5.73 Å². The Bertz CT molecular complexity index is 605. The predicted molar refractivity (Wildman–Crippen MR) is 66.2 cm³/mol. The Balaban J connectivity index is 2.20. The zero-order valence-electron chi connectivity index (χ0n) is 9.64. The molecule has 2 N–H and O–H groups in total. The fraction of sp³-hybridized carbons (Fsp3) is 0.400. The third-order valence-electron chi connectivity index (χ3n) is 2.73. The number of alkyl halides is 3. The first kappa shape index (κ1) is 14.4. The van der Waals surface area contributed by atoms with Crippen molar-refractivity contribution >= 4 is 27.0 Å². The Morgan fingerprint density at radius 1 is 1.37 bits per heavy atom. The van der Waals surface area contributed by atoms with E-state index in [0.29, 0.717) is 5.69 Å². The third kappa shape index (κ3) is 2.93. The summed E-state index contributed by atoms with van der Waals surface area (Å²) >= 11 is 0.959.